The molecule has 1 aromatic heterocycles. The van der Waals surface area contributed by atoms with E-state index in [1.165, 1.54) is 29.7 Å². The van der Waals surface area contributed by atoms with Crippen LogP contribution in [0.5, 0.6) is 0 Å². The molecular weight excluding hydrogens is 397 g/mol. The Kier molecular flexibility index (Phi) is 6.61. The quantitative estimate of drug-likeness (QED) is 0.505. The summed E-state index contributed by atoms with van der Waals surface area (Å²) in [6, 6.07) is 15.3. The van der Waals surface area contributed by atoms with Gasteiger partial charge in [-0.3, -0.25) is 4.79 Å². The normalized spacial score (nSPS) is 11.3. The number of aryl methyl sites for hydroxylation is 1. The molecule has 6 nitrogen and oxygen atoms in total. The average molecular weight is 418 g/mol. The van der Waals surface area contributed by atoms with Crippen molar-refractivity contribution in [1.82, 2.24) is 15.2 Å². The summed E-state index contributed by atoms with van der Waals surface area (Å²) in [6.45, 7) is -0.168. The van der Waals surface area contributed by atoms with Crippen LogP contribution in [0.25, 0.3) is 10.9 Å². The fourth-order valence-corrected chi connectivity index (χ4v) is 2.95. The van der Waals surface area contributed by atoms with Crippen LogP contribution in [0.4, 0.5) is 23.7 Å². The highest BCUT2D eigenvalue weighted by Gasteiger charge is 2.27. The van der Waals surface area contributed by atoms with E-state index in [0.717, 1.165) is 18.5 Å². The lowest BCUT2D eigenvalue weighted by molar-refractivity contribution is -0.123. The summed E-state index contributed by atoms with van der Waals surface area (Å²) >= 11 is 0. The molecule has 0 aliphatic carbocycles. The first-order valence-electron chi connectivity index (χ1n) is 9.35. The summed E-state index contributed by atoms with van der Waals surface area (Å²) in [4.78, 5) is 23.7. The van der Waals surface area contributed by atoms with Crippen LogP contribution in [0.1, 0.15) is 16.8 Å². The third-order valence-corrected chi connectivity index (χ3v) is 4.40. The maximum atomic E-state index is 12.1. The van der Waals surface area contributed by atoms with Crippen molar-refractivity contribution in [1.29, 1.82) is 0 Å². The number of hydrogen-bond donors (Lipinski definition) is 3. The molecule has 3 rings (SSSR count). The Balaban J connectivity index is 1.41. The minimum atomic E-state index is -4.47. The molecule has 2 aromatic carbocycles. The van der Waals surface area contributed by atoms with Crippen molar-refractivity contribution < 1.29 is 22.8 Å². The summed E-state index contributed by atoms with van der Waals surface area (Å²) in [7, 11) is 0. The molecule has 0 spiro atoms. The van der Waals surface area contributed by atoms with E-state index in [1.54, 1.807) is 5.32 Å². The molecule has 0 bridgehead atoms. The predicted molar refractivity (Wildman–Crippen MR) is 108 cm³/mol. The first kappa shape index (κ1) is 21.2. The molecule has 1 heterocycles. The van der Waals surface area contributed by atoms with E-state index < -0.39 is 24.7 Å². The van der Waals surface area contributed by atoms with Crippen LogP contribution in [0.15, 0.2) is 60.8 Å². The number of para-hydroxylation sites is 1. The van der Waals surface area contributed by atoms with Crippen LogP contribution in [0.3, 0.4) is 0 Å². The molecule has 0 saturated heterocycles. The van der Waals surface area contributed by atoms with Gasteiger partial charge in [-0.25, -0.2) is 4.79 Å². The Morgan fingerprint density at radius 3 is 2.40 bits per heavy atom. The minimum absolute atomic E-state index is 0.0733. The zero-order valence-electron chi connectivity index (χ0n) is 16.0. The first-order chi connectivity index (χ1) is 14.3. The average Bonchev–Trinajstić information content (AvgIpc) is 3.12. The van der Waals surface area contributed by atoms with Gasteiger partial charge >= 0.3 is 12.2 Å². The Bertz CT molecular complexity index is 1010. The summed E-state index contributed by atoms with van der Waals surface area (Å²) in [5.74, 6) is -0.833. The lowest BCUT2D eigenvalue weighted by atomic mass is 10.2. The minimum Gasteiger partial charge on any atom is -0.347 e. The molecule has 0 unspecified atom stereocenters. The number of fused-ring (bicyclic) bond motifs is 1. The fraction of sp³-hybridized carbons (Fsp3) is 0.238. The maximum Gasteiger partial charge on any atom is 0.405 e. The van der Waals surface area contributed by atoms with Crippen molar-refractivity contribution in [3.05, 3.63) is 66.4 Å². The molecule has 0 aliphatic rings. The van der Waals surface area contributed by atoms with Gasteiger partial charge in [-0.15, -0.1) is 0 Å². The number of halogens is 3. The number of alkyl halides is 3. The van der Waals surface area contributed by atoms with Crippen molar-refractivity contribution in [2.24, 2.45) is 0 Å². The SMILES string of the molecule is O=C(NCCCn1ccc2ccccc21)Nc1ccc(C(=O)NCC(F)(F)F)cc1. The lowest BCUT2D eigenvalue weighted by Crippen LogP contribution is -2.33. The smallest absolute Gasteiger partial charge is 0.347 e. The molecule has 30 heavy (non-hydrogen) atoms. The summed E-state index contributed by atoms with van der Waals surface area (Å²) in [5.41, 5.74) is 1.64. The maximum absolute atomic E-state index is 12.1. The molecule has 3 N–H and O–H groups in total. The number of benzene rings is 2. The van der Waals surface area contributed by atoms with Gasteiger partial charge < -0.3 is 20.5 Å². The van der Waals surface area contributed by atoms with Crippen molar-refractivity contribution in [3.8, 4) is 0 Å². The van der Waals surface area contributed by atoms with Crippen LogP contribution in [-0.4, -0.2) is 35.8 Å². The standard InChI is InChI=1S/C21H21F3N4O2/c22-21(23,24)14-26-19(29)16-6-8-17(9-7-16)27-20(30)25-11-3-12-28-13-10-15-4-1-2-5-18(15)28/h1-2,4-10,13H,3,11-12,14H2,(H,26,29)(H2,25,27,30). The summed E-state index contributed by atoms with van der Waals surface area (Å²) in [5, 5.41) is 8.32. The topological polar surface area (TPSA) is 75.2 Å². The zero-order valence-corrected chi connectivity index (χ0v) is 16.0. The zero-order chi connectivity index (χ0) is 21.6. The van der Waals surface area contributed by atoms with Crippen LogP contribution in [0.2, 0.25) is 0 Å². The van der Waals surface area contributed by atoms with E-state index in [1.807, 2.05) is 36.5 Å². The Morgan fingerprint density at radius 1 is 0.933 bits per heavy atom. The first-order valence-corrected chi connectivity index (χ1v) is 9.35. The van der Waals surface area contributed by atoms with Crippen molar-refractivity contribution in [3.63, 3.8) is 0 Å². The Hall–Kier alpha value is -3.49. The molecule has 158 valence electrons. The highest BCUT2D eigenvalue weighted by atomic mass is 19.4. The fourth-order valence-electron chi connectivity index (χ4n) is 2.95. The van der Waals surface area contributed by atoms with Crippen LogP contribution in [0, 0.1) is 0 Å². The molecule has 3 aromatic rings. The molecule has 0 saturated carbocycles. The van der Waals surface area contributed by atoms with Gasteiger partial charge in [0.2, 0.25) is 0 Å². The number of carbonyl (C=O) groups is 2. The Labute approximate surface area is 171 Å². The number of urea groups is 1. The highest BCUT2D eigenvalue weighted by Crippen LogP contribution is 2.15. The summed E-state index contributed by atoms with van der Waals surface area (Å²) < 4.78 is 38.6. The van der Waals surface area contributed by atoms with Gasteiger partial charge in [-0.05, 0) is 48.2 Å². The van der Waals surface area contributed by atoms with E-state index in [4.69, 9.17) is 0 Å². The Morgan fingerprint density at radius 2 is 1.67 bits per heavy atom. The van der Waals surface area contributed by atoms with Crippen molar-refractivity contribution >= 4 is 28.5 Å². The summed E-state index contributed by atoms with van der Waals surface area (Å²) in [6.07, 6.45) is -1.72. The lowest BCUT2D eigenvalue weighted by Gasteiger charge is -2.10. The second-order valence-corrected chi connectivity index (χ2v) is 6.68. The molecule has 9 heteroatoms. The molecule has 3 amide bonds. The highest BCUT2D eigenvalue weighted by molar-refractivity contribution is 5.95. The van der Waals surface area contributed by atoms with E-state index in [0.29, 0.717) is 12.2 Å². The third-order valence-electron chi connectivity index (χ3n) is 4.40. The van der Waals surface area contributed by atoms with Crippen LogP contribution < -0.4 is 16.0 Å². The number of nitrogens with zero attached hydrogens (tertiary/aromatic N) is 1. The van der Waals surface area contributed by atoms with Gasteiger partial charge in [0.05, 0.1) is 0 Å². The van der Waals surface area contributed by atoms with Crippen molar-refractivity contribution in [2.45, 2.75) is 19.1 Å². The van der Waals surface area contributed by atoms with E-state index >= 15 is 0 Å². The molecular formula is C21H21F3N4O2. The number of anilines is 1. The van der Waals surface area contributed by atoms with Gasteiger partial charge in [0.1, 0.15) is 6.54 Å². The molecule has 0 fully saturated rings. The van der Waals surface area contributed by atoms with E-state index in [2.05, 4.69) is 15.2 Å². The largest absolute Gasteiger partial charge is 0.405 e. The van der Waals surface area contributed by atoms with Gasteiger partial charge in [0, 0.05) is 36.1 Å². The van der Waals surface area contributed by atoms with Gasteiger partial charge in [0.25, 0.3) is 5.91 Å². The van der Waals surface area contributed by atoms with E-state index in [-0.39, 0.29) is 5.56 Å². The van der Waals surface area contributed by atoms with Crippen LogP contribution in [-0.2, 0) is 6.54 Å². The van der Waals surface area contributed by atoms with Gasteiger partial charge in [0.15, 0.2) is 0 Å². The second kappa shape index (κ2) is 9.34. The number of aromatic nitrogens is 1. The van der Waals surface area contributed by atoms with Crippen LogP contribution >= 0.6 is 0 Å². The van der Waals surface area contributed by atoms with Crippen molar-refractivity contribution in [2.75, 3.05) is 18.4 Å². The number of rotatable bonds is 7. The molecule has 0 radical (unpaired) electrons. The monoisotopic (exact) mass is 418 g/mol. The molecule has 0 aliphatic heterocycles. The van der Waals surface area contributed by atoms with Gasteiger partial charge in [-0.2, -0.15) is 13.2 Å². The number of amides is 3. The number of nitrogens with one attached hydrogen (secondary N) is 3. The van der Waals surface area contributed by atoms with Gasteiger partial charge in [-0.1, -0.05) is 18.2 Å². The third kappa shape index (κ3) is 6.00. The predicted octanol–water partition coefficient (Wildman–Crippen LogP) is 4.15. The van der Waals surface area contributed by atoms with E-state index in [9.17, 15) is 22.8 Å². The number of hydrogen-bond acceptors (Lipinski definition) is 2. The molecule has 0 atom stereocenters. The second-order valence-electron chi connectivity index (χ2n) is 6.68. The number of carbonyl (C=O) groups excluding carboxylic acids is 2.